The highest BCUT2D eigenvalue weighted by Crippen LogP contribution is 2.32. The van der Waals surface area contributed by atoms with Gasteiger partial charge in [-0.05, 0) is 47.9 Å². The fraction of sp³-hybridized carbons (Fsp3) is 0.259. The summed E-state index contributed by atoms with van der Waals surface area (Å²) in [7, 11) is 7.05. The van der Waals surface area contributed by atoms with Crippen LogP contribution in [-0.4, -0.2) is 39.9 Å². The Morgan fingerprint density at radius 3 is 1.56 bits per heavy atom. The lowest BCUT2D eigenvalue weighted by atomic mass is 9.86. The average molecular weight is 432 g/mol. The predicted molar refractivity (Wildman–Crippen MR) is 127 cm³/mol. The van der Waals surface area contributed by atoms with E-state index in [1.165, 1.54) is 0 Å². The zero-order valence-corrected chi connectivity index (χ0v) is 19.0. The molecule has 0 unspecified atom stereocenters. The highest BCUT2D eigenvalue weighted by atomic mass is 16.5. The number of Topliss-reactive ketones (excluding diaryl/α,β-unsaturated/α-hetero) is 2. The maximum absolute atomic E-state index is 13.2. The van der Waals surface area contributed by atoms with Crippen molar-refractivity contribution in [1.82, 2.24) is 0 Å². The molecule has 3 aromatic rings. The molecule has 0 aliphatic heterocycles. The van der Waals surface area contributed by atoms with Gasteiger partial charge in [0.2, 0.25) is 0 Å². The molecule has 166 valence electrons. The van der Waals surface area contributed by atoms with Gasteiger partial charge in [0.15, 0.2) is 11.6 Å². The smallest absolute Gasteiger partial charge is 0.167 e. The zero-order chi connectivity index (χ0) is 23.1. The van der Waals surface area contributed by atoms with Crippen molar-refractivity contribution < 1.29 is 19.1 Å². The van der Waals surface area contributed by atoms with Crippen LogP contribution in [0.5, 0.6) is 11.5 Å². The Labute approximate surface area is 189 Å². The molecule has 0 amide bonds. The van der Waals surface area contributed by atoms with E-state index < -0.39 is 0 Å². The Balaban J connectivity index is 1.92. The van der Waals surface area contributed by atoms with Crippen LogP contribution >= 0.6 is 0 Å². The third-order valence-corrected chi connectivity index (χ3v) is 5.56. The number of benzene rings is 3. The third-order valence-electron chi connectivity index (χ3n) is 5.56. The minimum Gasteiger partial charge on any atom is -0.496 e. The molecule has 0 aliphatic carbocycles. The second-order valence-electron chi connectivity index (χ2n) is 7.84. The van der Waals surface area contributed by atoms with Crippen molar-refractivity contribution in [3.63, 3.8) is 0 Å². The standard InChI is InChI=1S/C27H29NO4/c1-28(2)21-15-13-19(14-16-21)20(17-24(29)22-9-5-7-11-26(22)31-3)18-25(30)23-10-6-8-12-27(23)32-4/h5-16,20H,17-18H2,1-4H3. The Bertz CT molecular complexity index is 1010. The first-order valence-corrected chi connectivity index (χ1v) is 10.5. The van der Waals surface area contributed by atoms with E-state index in [0.717, 1.165) is 11.3 Å². The van der Waals surface area contributed by atoms with Gasteiger partial charge in [-0.3, -0.25) is 9.59 Å². The van der Waals surface area contributed by atoms with Gasteiger partial charge < -0.3 is 14.4 Å². The van der Waals surface area contributed by atoms with Gasteiger partial charge in [0, 0.05) is 32.6 Å². The third kappa shape index (κ3) is 5.35. The molecule has 32 heavy (non-hydrogen) atoms. The topological polar surface area (TPSA) is 55.8 Å². The van der Waals surface area contributed by atoms with Crippen LogP contribution in [-0.2, 0) is 0 Å². The fourth-order valence-electron chi connectivity index (χ4n) is 3.77. The molecule has 0 saturated heterocycles. The van der Waals surface area contributed by atoms with Crippen LogP contribution in [0, 0.1) is 0 Å². The first kappa shape index (κ1) is 23.1. The lowest BCUT2D eigenvalue weighted by Gasteiger charge is -2.19. The number of nitrogens with zero attached hydrogens (tertiary/aromatic N) is 1. The molecule has 0 spiro atoms. The molecule has 0 heterocycles. The number of hydrogen-bond donors (Lipinski definition) is 0. The molecule has 5 nitrogen and oxygen atoms in total. The van der Waals surface area contributed by atoms with Gasteiger partial charge in [-0.1, -0.05) is 36.4 Å². The summed E-state index contributed by atoms with van der Waals surface area (Å²) in [6, 6.07) is 22.3. The van der Waals surface area contributed by atoms with Crippen LogP contribution in [0.15, 0.2) is 72.8 Å². The molecule has 0 radical (unpaired) electrons. The number of carbonyl (C=O) groups is 2. The van der Waals surface area contributed by atoms with Gasteiger partial charge in [0.05, 0.1) is 25.3 Å². The van der Waals surface area contributed by atoms with Crippen molar-refractivity contribution in [3.05, 3.63) is 89.5 Å². The van der Waals surface area contributed by atoms with E-state index in [0.29, 0.717) is 22.6 Å². The summed E-state index contributed by atoms with van der Waals surface area (Å²) >= 11 is 0. The quantitative estimate of drug-likeness (QED) is 0.402. The van der Waals surface area contributed by atoms with E-state index in [1.54, 1.807) is 38.5 Å². The highest BCUT2D eigenvalue weighted by molar-refractivity contribution is 6.01. The normalized spacial score (nSPS) is 10.7. The first-order valence-electron chi connectivity index (χ1n) is 10.5. The molecular weight excluding hydrogens is 402 g/mol. The van der Waals surface area contributed by atoms with Crippen LogP contribution < -0.4 is 14.4 Å². The van der Waals surface area contributed by atoms with Gasteiger partial charge in [0.25, 0.3) is 0 Å². The van der Waals surface area contributed by atoms with E-state index >= 15 is 0 Å². The van der Waals surface area contributed by atoms with Gasteiger partial charge in [-0.25, -0.2) is 0 Å². The molecule has 0 saturated carbocycles. The average Bonchev–Trinajstić information content (AvgIpc) is 2.83. The molecule has 3 rings (SSSR count). The number of hydrogen-bond acceptors (Lipinski definition) is 5. The number of para-hydroxylation sites is 2. The lowest BCUT2D eigenvalue weighted by Crippen LogP contribution is -2.14. The van der Waals surface area contributed by atoms with Crippen LogP contribution in [0.2, 0.25) is 0 Å². The van der Waals surface area contributed by atoms with Crippen molar-refractivity contribution in [2.45, 2.75) is 18.8 Å². The number of ether oxygens (including phenoxy) is 2. The Kier molecular flexibility index (Phi) is 7.66. The van der Waals surface area contributed by atoms with Crippen molar-refractivity contribution in [3.8, 4) is 11.5 Å². The van der Waals surface area contributed by atoms with E-state index in [9.17, 15) is 9.59 Å². The van der Waals surface area contributed by atoms with E-state index in [2.05, 4.69) is 0 Å². The van der Waals surface area contributed by atoms with Crippen LogP contribution in [0.4, 0.5) is 5.69 Å². The molecule has 0 aliphatic rings. The molecule has 0 aromatic heterocycles. The van der Waals surface area contributed by atoms with Gasteiger partial charge in [-0.2, -0.15) is 0 Å². The van der Waals surface area contributed by atoms with E-state index in [1.807, 2.05) is 67.5 Å². The minimum absolute atomic E-state index is 0.0584. The van der Waals surface area contributed by atoms with Crippen molar-refractivity contribution in [1.29, 1.82) is 0 Å². The molecule has 0 atom stereocenters. The summed E-state index contributed by atoms with van der Waals surface area (Å²) in [6.07, 6.45) is 0.394. The zero-order valence-electron chi connectivity index (χ0n) is 19.0. The molecule has 3 aromatic carbocycles. The van der Waals surface area contributed by atoms with Crippen LogP contribution in [0.3, 0.4) is 0 Å². The maximum atomic E-state index is 13.2. The summed E-state index contributed by atoms with van der Waals surface area (Å²) in [5.74, 6) is 0.681. The predicted octanol–water partition coefficient (Wildman–Crippen LogP) is 5.40. The van der Waals surface area contributed by atoms with E-state index in [-0.39, 0.29) is 30.3 Å². The Morgan fingerprint density at radius 1 is 0.719 bits per heavy atom. The molecule has 0 bridgehead atoms. The SMILES string of the molecule is COc1ccccc1C(=O)CC(CC(=O)c1ccccc1OC)c1ccc(N(C)C)cc1. The summed E-state index contributed by atoms with van der Waals surface area (Å²) in [5, 5.41) is 0. The Morgan fingerprint density at radius 2 is 1.16 bits per heavy atom. The number of anilines is 1. The second-order valence-corrected chi connectivity index (χ2v) is 7.84. The molecule has 0 N–H and O–H groups in total. The first-order chi connectivity index (χ1) is 15.4. The number of carbonyl (C=O) groups excluding carboxylic acids is 2. The summed E-state index contributed by atoms with van der Waals surface area (Å²) in [4.78, 5) is 28.4. The van der Waals surface area contributed by atoms with Gasteiger partial charge >= 0.3 is 0 Å². The monoisotopic (exact) mass is 431 g/mol. The largest absolute Gasteiger partial charge is 0.496 e. The number of methoxy groups -OCH3 is 2. The maximum Gasteiger partial charge on any atom is 0.167 e. The number of ketones is 2. The van der Waals surface area contributed by atoms with Gasteiger partial charge in [-0.15, -0.1) is 0 Å². The fourth-order valence-corrected chi connectivity index (χ4v) is 3.77. The molecule has 0 fully saturated rings. The van der Waals surface area contributed by atoms with Crippen LogP contribution in [0.25, 0.3) is 0 Å². The van der Waals surface area contributed by atoms with Crippen LogP contribution in [0.1, 0.15) is 45.0 Å². The van der Waals surface area contributed by atoms with E-state index in [4.69, 9.17) is 9.47 Å². The molecular formula is C27H29NO4. The summed E-state index contributed by atoms with van der Waals surface area (Å²) < 4.78 is 10.7. The number of rotatable bonds is 10. The second kappa shape index (κ2) is 10.6. The van der Waals surface area contributed by atoms with Crippen molar-refractivity contribution >= 4 is 17.3 Å². The van der Waals surface area contributed by atoms with Crippen molar-refractivity contribution in [2.24, 2.45) is 0 Å². The van der Waals surface area contributed by atoms with Crippen molar-refractivity contribution in [2.75, 3.05) is 33.2 Å². The molecule has 5 heteroatoms. The lowest BCUT2D eigenvalue weighted by molar-refractivity contribution is 0.0941. The Hall–Kier alpha value is -3.60. The minimum atomic E-state index is -0.277. The summed E-state index contributed by atoms with van der Waals surface area (Å²) in [5.41, 5.74) is 3.05. The summed E-state index contributed by atoms with van der Waals surface area (Å²) in [6.45, 7) is 0. The van der Waals surface area contributed by atoms with Gasteiger partial charge in [0.1, 0.15) is 11.5 Å². The highest BCUT2D eigenvalue weighted by Gasteiger charge is 2.24.